The summed E-state index contributed by atoms with van der Waals surface area (Å²) in [5.41, 5.74) is 6.21. The molecule has 0 aliphatic heterocycles. The number of unbranched alkanes of at least 4 members (excludes halogenated alkanes) is 1. The van der Waals surface area contributed by atoms with Crippen molar-refractivity contribution in [2.75, 3.05) is 0 Å². The van der Waals surface area contributed by atoms with E-state index < -0.39 is 12.1 Å². The molecule has 2 atom stereocenters. The van der Waals surface area contributed by atoms with Crippen LogP contribution in [0.15, 0.2) is 22.7 Å². The Balaban J connectivity index is 2.82. The van der Waals surface area contributed by atoms with Crippen molar-refractivity contribution < 1.29 is 9.50 Å². The summed E-state index contributed by atoms with van der Waals surface area (Å²) in [6.45, 7) is 2.04. The quantitative estimate of drug-likeness (QED) is 0.875. The molecule has 0 amide bonds. The molecule has 1 aromatic carbocycles. The molecule has 0 aliphatic rings. The maximum absolute atomic E-state index is 13.6. The van der Waals surface area contributed by atoms with E-state index in [2.05, 4.69) is 15.9 Å². The van der Waals surface area contributed by atoms with Crippen molar-refractivity contribution >= 4 is 15.9 Å². The SMILES string of the molecule is CCCC[C@H](O)[C@H](N)c1c(F)cccc1Br. The number of rotatable bonds is 5. The van der Waals surface area contributed by atoms with E-state index in [1.54, 1.807) is 12.1 Å². The van der Waals surface area contributed by atoms with E-state index >= 15 is 0 Å². The number of hydrogen-bond acceptors (Lipinski definition) is 2. The van der Waals surface area contributed by atoms with E-state index in [0.29, 0.717) is 16.5 Å². The Morgan fingerprint density at radius 1 is 1.50 bits per heavy atom. The Labute approximate surface area is 104 Å². The largest absolute Gasteiger partial charge is 0.391 e. The molecule has 1 rings (SSSR count). The summed E-state index contributed by atoms with van der Waals surface area (Å²) in [4.78, 5) is 0. The van der Waals surface area contributed by atoms with E-state index in [9.17, 15) is 9.50 Å². The van der Waals surface area contributed by atoms with Gasteiger partial charge in [-0.05, 0) is 18.6 Å². The van der Waals surface area contributed by atoms with Gasteiger partial charge in [-0.25, -0.2) is 4.39 Å². The highest BCUT2D eigenvalue weighted by Crippen LogP contribution is 2.28. The molecule has 0 heterocycles. The fourth-order valence-electron chi connectivity index (χ4n) is 1.61. The van der Waals surface area contributed by atoms with Crippen LogP contribution in [0.5, 0.6) is 0 Å². The molecule has 0 spiro atoms. The fourth-order valence-corrected chi connectivity index (χ4v) is 2.22. The molecule has 0 fully saturated rings. The van der Waals surface area contributed by atoms with Crippen LogP contribution in [0.4, 0.5) is 4.39 Å². The van der Waals surface area contributed by atoms with Gasteiger partial charge in [0.15, 0.2) is 0 Å². The molecular weight excluding hydrogens is 273 g/mol. The van der Waals surface area contributed by atoms with Crippen LogP contribution in [-0.2, 0) is 0 Å². The summed E-state index contributed by atoms with van der Waals surface area (Å²) < 4.78 is 14.2. The van der Waals surface area contributed by atoms with Crippen molar-refractivity contribution in [1.29, 1.82) is 0 Å². The summed E-state index contributed by atoms with van der Waals surface area (Å²) in [6, 6.07) is 4.01. The van der Waals surface area contributed by atoms with Crippen LogP contribution in [0.3, 0.4) is 0 Å². The topological polar surface area (TPSA) is 46.2 Å². The maximum atomic E-state index is 13.6. The lowest BCUT2D eigenvalue weighted by atomic mass is 9.98. The zero-order chi connectivity index (χ0) is 12.1. The predicted molar refractivity (Wildman–Crippen MR) is 66.6 cm³/mol. The number of aliphatic hydroxyl groups is 1. The van der Waals surface area contributed by atoms with Gasteiger partial charge in [0.25, 0.3) is 0 Å². The molecular formula is C12H17BrFNO. The van der Waals surface area contributed by atoms with Crippen molar-refractivity contribution in [3.63, 3.8) is 0 Å². The molecule has 0 aliphatic carbocycles. The Morgan fingerprint density at radius 3 is 2.75 bits per heavy atom. The second-order valence-electron chi connectivity index (χ2n) is 3.87. The van der Waals surface area contributed by atoms with Gasteiger partial charge in [0, 0.05) is 10.0 Å². The average Bonchev–Trinajstić information content (AvgIpc) is 2.25. The van der Waals surface area contributed by atoms with E-state index in [4.69, 9.17) is 5.73 Å². The molecule has 0 saturated heterocycles. The Hall–Kier alpha value is -0.450. The summed E-state index contributed by atoms with van der Waals surface area (Å²) in [6.07, 6.45) is 1.77. The lowest BCUT2D eigenvalue weighted by Crippen LogP contribution is -2.27. The van der Waals surface area contributed by atoms with Gasteiger partial charge < -0.3 is 10.8 Å². The molecule has 4 heteroatoms. The number of nitrogens with two attached hydrogens (primary N) is 1. The van der Waals surface area contributed by atoms with Gasteiger partial charge in [-0.15, -0.1) is 0 Å². The van der Waals surface area contributed by atoms with E-state index in [1.807, 2.05) is 6.92 Å². The summed E-state index contributed by atoms with van der Waals surface area (Å²) >= 11 is 3.25. The van der Waals surface area contributed by atoms with E-state index in [-0.39, 0.29) is 5.82 Å². The van der Waals surface area contributed by atoms with Crippen molar-refractivity contribution in [2.24, 2.45) is 5.73 Å². The minimum atomic E-state index is -0.701. The van der Waals surface area contributed by atoms with E-state index in [0.717, 1.165) is 12.8 Å². The van der Waals surface area contributed by atoms with Crippen molar-refractivity contribution in [3.8, 4) is 0 Å². The minimum Gasteiger partial charge on any atom is -0.391 e. The lowest BCUT2D eigenvalue weighted by Gasteiger charge is -2.20. The third kappa shape index (κ3) is 3.27. The number of benzene rings is 1. The number of halogens is 2. The maximum Gasteiger partial charge on any atom is 0.129 e. The first-order valence-corrected chi connectivity index (χ1v) is 6.24. The van der Waals surface area contributed by atoms with Crippen molar-refractivity contribution in [2.45, 2.75) is 38.3 Å². The van der Waals surface area contributed by atoms with Gasteiger partial charge in [-0.1, -0.05) is 41.8 Å². The minimum absolute atomic E-state index is 0.353. The third-order valence-electron chi connectivity index (χ3n) is 2.60. The number of hydrogen-bond donors (Lipinski definition) is 2. The van der Waals surface area contributed by atoms with Crippen LogP contribution in [0.25, 0.3) is 0 Å². The van der Waals surface area contributed by atoms with Crippen LogP contribution in [-0.4, -0.2) is 11.2 Å². The third-order valence-corrected chi connectivity index (χ3v) is 3.29. The standard InChI is InChI=1S/C12H17BrFNO/c1-2-3-7-10(16)12(15)11-8(13)5-4-6-9(11)14/h4-6,10,12,16H,2-3,7,15H2,1H3/t10-,12-/m0/s1. The van der Waals surface area contributed by atoms with Gasteiger partial charge >= 0.3 is 0 Å². The second kappa shape index (κ2) is 6.33. The molecule has 0 unspecified atom stereocenters. The lowest BCUT2D eigenvalue weighted by molar-refractivity contribution is 0.130. The molecule has 1 aromatic rings. The summed E-state index contributed by atoms with van der Waals surface area (Å²) in [5.74, 6) is -0.377. The van der Waals surface area contributed by atoms with Gasteiger partial charge in [0.1, 0.15) is 5.82 Å². The van der Waals surface area contributed by atoms with Gasteiger partial charge in [0.05, 0.1) is 12.1 Å². The first kappa shape index (κ1) is 13.6. The fraction of sp³-hybridized carbons (Fsp3) is 0.500. The summed E-state index contributed by atoms with van der Waals surface area (Å²) in [7, 11) is 0. The molecule has 16 heavy (non-hydrogen) atoms. The Kier molecular flexibility index (Phi) is 5.38. The molecule has 0 radical (unpaired) electrons. The summed E-state index contributed by atoms with van der Waals surface area (Å²) in [5, 5.41) is 9.84. The van der Waals surface area contributed by atoms with Gasteiger partial charge in [-0.3, -0.25) is 0 Å². The molecule has 3 N–H and O–H groups in total. The Morgan fingerprint density at radius 2 is 2.19 bits per heavy atom. The van der Waals surface area contributed by atoms with E-state index in [1.165, 1.54) is 6.07 Å². The molecule has 2 nitrogen and oxygen atoms in total. The van der Waals surface area contributed by atoms with Crippen LogP contribution in [0.2, 0.25) is 0 Å². The molecule has 90 valence electrons. The predicted octanol–water partition coefficient (Wildman–Crippen LogP) is 3.14. The van der Waals surface area contributed by atoms with Gasteiger partial charge in [0.2, 0.25) is 0 Å². The second-order valence-corrected chi connectivity index (χ2v) is 4.73. The van der Waals surface area contributed by atoms with Crippen LogP contribution in [0.1, 0.15) is 37.8 Å². The van der Waals surface area contributed by atoms with Crippen LogP contribution >= 0.6 is 15.9 Å². The molecule has 0 aromatic heterocycles. The molecule has 0 saturated carbocycles. The van der Waals surface area contributed by atoms with Gasteiger partial charge in [-0.2, -0.15) is 0 Å². The smallest absolute Gasteiger partial charge is 0.129 e. The highest BCUT2D eigenvalue weighted by Gasteiger charge is 2.21. The van der Waals surface area contributed by atoms with Crippen molar-refractivity contribution in [1.82, 2.24) is 0 Å². The highest BCUT2D eigenvalue weighted by molar-refractivity contribution is 9.10. The zero-order valence-corrected chi connectivity index (χ0v) is 10.9. The average molecular weight is 290 g/mol. The first-order chi connectivity index (χ1) is 7.57. The van der Waals surface area contributed by atoms with Crippen molar-refractivity contribution in [3.05, 3.63) is 34.1 Å². The first-order valence-electron chi connectivity index (χ1n) is 5.45. The number of aliphatic hydroxyl groups excluding tert-OH is 1. The van der Waals surface area contributed by atoms with Crippen LogP contribution in [0, 0.1) is 5.82 Å². The van der Waals surface area contributed by atoms with Crippen LogP contribution < -0.4 is 5.73 Å². The normalized spacial score (nSPS) is 14.8. The monoisotopic (exact) mass is 289 g/mol. The Bertz CT molecular complexity index is 326. The zero-order valence-electron chi connectivity index (χ0n) is 9.29. The highest BCUT2D eigenvalue weighted by atomic mass is 79.9. The molecule has 0 bridgehead atoms.